The van der Waals surface area contributed by atoms with Crippen molar-refractivity contribution >= 4 is 22.0 Å². The second kappa shape index (κ2) is 7.76. The Morgan fingerprint density at radius 3 is 2.82 bits per heavy atom. The van der Waals surface area contributed by atoms with Gasteiger partial charge in [-0.2, -0.15) is 0 Å². The van der Waals surface area contributed by atoms with Gasteiger partial charge in [0.25, 0.3) is 0 Å². The van der Waals surface area contributed by atoms with E-state index in [4.69, 9.17) is 14.2 Å². The number of nitrogens with zero attached hydrogens (tertiary/aromatic N) is 1. The highest BCUT2D eigenvalue weighted by atomic mass is 79.9. The van der Waals surface area contributed by atoms with Crippen LogP contribution in [0.25, 0.3) is 0 Å². The molecule has 1 fully saturated rings. The van der Waals surface area contributed by atoms with Gasteiger partial charge in [-0.15, -0.1) is 0 Å². The van der Waals surface area contributed by atoms with E-state index in [0.29, 0.717) is 19.7 Å². The summed E-state index contributed by atoms with van der Waals surface area (Å²) in [6, 6.07) is 14.3. The first-order valence-corrected chi connectivity index (χ1v) is 10.6. The van der Waals surface area contributed by atoms with E-state index in [-0.39, 0.29) is 12.2 Å². The summed E-state index contributed by atoms with van der Waals surface area (Å²) in [5.74, 6) is 0.213. The molecule has 1 saturated heterocycles. The minimum Gasteiger partial charge on any atom is -0.463 e. The lowest BCUT2D eigenvalue weighted by Gasteiger charge is -2.32. The van der Waals surface area contributed by atoms with Crippen LogP contribution in [0.15, 0.2) is 42.5 Å². The summed E-state index contributed by atoms with van der Waals surface area (Å²) in [5.41, 5.74) is 4.42. The second-order valence-corrected chi connectivity index (χ2v) is 8.24. The summed E-state index contributed by atoms with van der Waals surface area (Å²) >= 11 is 3.48. The molecule has 2 aromatic rings. The molecule has 5 nitrogen and oxygen atoms in total. The Balaban J connectivity index is 1.40. The van der Waals surface area contributed by atoms with E-state index in [2.05, 4.69) is 40.2 Å². The molecule has 0 saturated carbocycles. The van der Waals surface area contributed by atoms with Gasteiger partial charge in [-0.05, 0) is 35.2 Å². The number of hydrogen-bond acceptors (Lipinski definition) is 4. The van der Waals surface area contributed by atoms with Crippen LogP contribution in [-0.4, -0.2) is 29.9 Å². The van der Waals surface area contributed by atoms with Crippen molar-refractivity contribution in [3.8, 4) is 5.75 Å². The van der Waals surface area contributed by atoms with Gasteiger partial charge in [-0.25, -0.2) is 4.79 Å². The summed E-state index contributed by atoms with van der Waals surface area (Å²) in [6.07, 6.45) is 0.290. The normalized spacial score (nSPS) is 20.5. The van der Waals surface area contributed by atoms with Crippen molar-refractivity contribution in [3.63, 3.8) is 0 Å². The van der Waals surface area contributed by atoms with Crippen LogP contribution in [0.1, 0.15) is 42.2 Å². The minimum atomic E-state index is -0.614. The van der Waals surface area contributed by atoms with Crippen LogP contribution in [-0.2, 0) is 27.8 Å². The maximum Gasteiger partial charge on any atom is 0.410 e. The van der Waals surface area contributed by atoms with Crippen LogP contribution in [0.4, 0.5) is 4.79 Å². The lowest BCUT2D eigenvalue weighted by atomic mass is 10.0. The van der Waals surface area contributed by atoms with Crippen molar-refractivity contribution in [2.24, 2.45) is 0 Å². The van der Waals surface area contributed by atoms with Crippen LogP contribution < -0.4 is 4.74 Å². The average Bonchev–Trinajstić information content (AvgIpc) is 3.06. The molecule has 0 aliphatic carbocycles. The van der Waals surface area contributed by atoms with Crippen LogP contribution in [0.2, 0.25) is 0 Å². The van der Waals surface area contributed by atoms with Gasteiger partial charge in [0.2, 0.25) is 5.79 Å². The number of fused-ring (bicyclic) bond motifs is 1. The van der Waals surface area contributed by atoms with Gasteiger partial charge in [-0.1, -0.05) is 46.3 Å². The number of halogens is 1. The molecule has 2 aliphatic rings. The van der Waals surface area contributed by atoms with Crippen molar-refractivity contribution in [1.29, 1.82) is 0 Å². The van der Waals surface area contributed by atoms with E-state index in [1.54, 1.807) is 4.90 Å². The fourth-order valence-corrected chi connectivity index (χ4v) is 3.90. The molecule has 0 radical (unpaired) electrons. The van der Waals surface area contributed by atoms with Gasteiger partial charge in [-0.3, -0.25) is 0 Å². The molecule has 4 rings (SSSR count). The van der Waals surface area contributed by atoms with Crippen LogP contribution in [0, 0.1) is 0 Å². The zero-order chi connectivity index (χ0) is 19.7. The van der Waals surface area contributed by atoms with Gasteiger partial charge in [0, 0.05) is 31.3 Å². The summed E-state index contributed by atoms with van der Waals surface area (Å²) in [5, 5.41) is 0.831. The third-order valence-corrected chi connectivity index (χ3v) is 5.74. The molecular formula is C22H24BrNO4. The lowest BCUT2D eigenvalue weighted by Crippen LogP contribution is -2.35. The van der Waals surface area contributed by atoms with Crippen molar-refractivity contribution < 1.29 is 19.0 Å². The first kappa shape index (κ1) is 19.3. The van der Waals surface area contributed by atoms with Crippen LogP contribution in [0.3, 0.4) is 0 Å². The molecule has 2 aliphatic heterocycles. The highest BCUT2D eigenvalue weighted by Gasteiger charge is 2.33. The smallest absolute Gasteiger partial charge is 0.410 e. The number of ether oxygens (including phenoxy) is 3. The molecule has 0 spiro atoms. The Bertz CT molecular complexity index is 883. The van der Waals surface area contributed by atoms with E-state index in [9.17, 15) is 4.79 Å². The SMILES string of the molecule is CC1(C)OCc2cc([C@@H]3CN(CCc4cccc(CBr)c4)C(=O)O3)ccc2O1. The lowest BCUT2D eigenvalue weighted by molar-refractivity contribution is -0.180. The van der Waals surface area contributed by atoms with E-state index in [1.807, 2.05) is 32.0 Å². The van der Waals surface area contributed by atoms with Crippen LogP contribution in [0.5, 0.6) is 5.75 Å². The molecule has 6 heteroatoms. The Morgan fingerprint density at radius 1 is 1.18 bits per heavy atom. The summed E-state index contributed by atoms with van der Waals surface area (Å²) in [7, 11) is 0. The van der Waals surface area contributed by atoms with Crippen molar-refractivity contribution in [1.82, 2.24) is 4.90 Å². The molecule has 1 atom stereocenters. The van der Waals surface area contributed by atoms with E-state index in [1.165, 1.54) is 11.1 Å². The summed E-state index contributed by atoms with van der Waals surface area (Å²) < 4.78 is 17.2. The highest BCUT2D eigenvalue weighted by molar-refractivity contribution is 9.08. The number of hydrogen-bond donors (Lipinski definition) is 0. The molecule has 0 N–H and O–H groups in total. The van der Waals surface area contributed by atoms with Gasteiger partial charge in [0.15, 0.2) is 0 Å². The number of benzene rings is 2. The maximum atomic E-state index is 12.3. The molecule has 2 aromatic carbocycles. The fourth-order valence-electron chi connectivity index (χ4n) is 3.55. The quantitative estimate of drug-likeness (QED) is 0.609. The van der Waals surface area contributed by atoms with E-state index in [0.717, 1.165) is 28.6 Å². The molecule has 2 heterocycles. The Hall–Kier alpha value is -2.05. The van der Waals surface area contributed by atoms with Gasteiger partial charge < -0.3 is 19.1 Å². The first-order valence-electron chi connectivity index (χ1n) is 9.49. The number of rotatable bonds is 5. The van der Waals surface area contributed by atoms with Crippen molar-refractivity contribution in [2.45, 2.75) is 44.1 Å². The zero-order valence-corrected chi connectivity index (χ0v) is 17.7. The number of carbonyl (C=O) groups excluding carboxylic acids is 1. The van der Waals surface area contributed by atoms with Crippen LogP contribution >= 0.6 is 15.9 Å². The monoisotopic (exact) mass is 445 g/mol. The zero-order valence-electron chi connectivity index (χ0n) is 16.1. The molecule has 0 unspecified atom stereocenters. The number of cyclic esters (lactones) is 1. The topological polar surface area (TPSA) is 48.0 Å². The highest BCUT2D eigenvalue weighted by Crippen LogP contribution is 2.35. The number of alkyl halides is 1. The van der Waals surface area contributed by atoms with Gasteiger partial charge in [0.1, 0.15) is 11.9 Å². The van der Waals surface area contributed by atoms with Gasteiger partial charge >= 0.3 is 6.09 Å². The second-order valence-electron chi connectivity index (χ2n) is 7.68. The molecule has 148 valence electrons. The summed E-state index contributed by atoms with van der Waals surface area (Å²) in [6.45, 7) is 5.49. The largest absolute Gasteiger partial charge is 0.463 e. The molecular weight excluding hydrogens is 422 g/mol. The maximum absolute atomic E-state index is 12.3. The molecule has 0 bridgehead atoms. The Morgan fingerprint density at radius 2 is 2.00 bits per heavy atom. The minimum absolute atomic E-state index is 0.256. The average molecular weight is 446 g/mol. The molecule has 28 heavy (non-hydrogen) atoms. The summed E-state index contributed by atoms with van der Waals surface area (Å²) in [4.78, 5) is 14.1. The Kier molecular flexibility index (Phi) is 5.34. The first-order chi connectivity index (χ1) is 13.4. The van der Waals surface area contributed by atoms with Gasteiger partial charge in [0.05, 0.1) is 13.2 Å². The standard InChI is InChI=1S/C22H24BrNO4/c1-22(2)26-14-18-11-17(6-7-19(18)28-22)20-13-24(21(25)27-20)9-8-15-4-3-5-16(10-15)12-23/h3-7,10-11,20H,8-9,12-14H2,1-2H3/t20-/m0/s1. The predicted molar refractivity (Wildman–Crippen MR) is 110 cm³/mol. The number of amides is 1. The van der Waals surface area contributed by atoms with E-state index < -0.39 is 5.79 Å². The Labute approximate surface area is 173 Å². The predicted octanol–water partition coefficient (Wildman–Crippen LogP) is 4.96. The molecule has 1 amide bonds. The fraction of sp³-hybridized carbons (Fsp3) is 0.409. The third kappa shape index (κ3) is 4.18. The number of carbonyl (C=O) groups is 1. The van der Waals surface area contributed by atoms with E-state index >= 15 is 0 Å². The molecule has 0 aromatic heterocycles. The van der Waals surface area contributed by atoms with Crippen molar-refractivity contribution in [2.75, 3.05) is 13.1 Å². The van der Waals surface area contributed by atoms with Crippen molar-refractivity contribution in [3.05, 3.63) is 64.7 Å². The third-order valence-electron chi connectivity index (χ3n) is 5.09.